The van der Waals surface area contributed by atoms with Crippen LogP contribution in [0.4, 0.5) is 11.6 Å². The number of nitrogens with two attached hydrogens (primary N) is 2. The van der Waals surface area contributed by atoms with E-state index >= 15 is 0 Å². The summed E-state index contributed by atoms with van der Waals surface area (Å²) in [6.07, 6.45) is 1.39. The number of hydrogen-bond acceptors (Lipinski definition) is 9. The van der Waals surface area contributed by atoms with Gasteiger partial charge in [-0.25, -0.2) is 4.89 Å². The SMILES string of the molecule is N#CC1=NN(c2ccc(COO)cc2)C(=O)C1=Cc1ccc(N(C#CN)C#CN)o1. The van der Waals surface area contributed by atoms with E-state index in [0.717, 1.165) is 5.01 Å². The van der Waals surface area contributed by atoms with Crippen LogP contribution in [0.1, 0.15) is 11.3 Å². The highest BCUT2D eigenvalue weighted by atomic mass is 17.1. The number of nitriles is 1. The van der Waals surface area contributed by atoms with Crippen molar-refractivity contribution in [2.24, 2.45) is 16.6 Å². The Bertz CT molecular complexity index is 1160. The first-order valence-electron chi connectivity index (χ1n) is 8.34. The number of nitrogens with zero attached hydrogens (tertiary/aromatic N) is 4. The molecular formula is C20H14N6O4. The molecule has 148 valence electrons. The maximum Gasteiger partial charge on any atom is 0.281 e. The summed E-state index contributed by atoms with van der Waals surface area (Å²) in [5.74, 6) is 0.00411. The largest absolute Gasteiger partial charge is 0.439 e. The number of carbonyl (C=O) groups is 1. The number of hydrazone groups is 1. The maximum atomic E-state index is 12.8. The Morgan fingerprint density at radius 1 is 1.20 bits per heavy atom. The molecule has 2 aromatic rings. The Morgan fingerprint density at radius 3 is 2.50 bits per heavy atom. The maximum absolute atomic E-state index is 12.8. The molecule has 10 nitrogen and oxygen atoms in total. The van der Waals surface area contributed by atoms with Crippen LogP contribution in [0, 0.1) is 35.5 Å². The van der Waals surface area contributed by atoms with E-state index in [2.05, 4.69) is 34.2 Å². The van der Waals surface area contributed by atoms with Gasteiger partial charge in [0.25, 0.3) is 5.91 Å². The highest BCUT2D eigenvalue weighted by molar-refractivity contribution is 6.37. The second kappa shape index (κ2) is 9.00. The van der Waals surface area contributed by atoms with Gasteiger partial charge in [0.15, 0.2) is 5.71 Å². The molecule has 1 aliphatic rings. The van der Waals surface area contributed by atoms with Crippen LogP contribution < -0.4 is 21.4 Å². The Morgan fingerprint density at radius 2 is 1.90 bits per heavy atom. The van der Waals surface area contributed by atoms with Crippen LogP contribution in [0.25, 0.3) is 6.08 Å². The lowest BCUT2D eigenvalue weighted by Gasteiger charge is -2.11. The normalized spacial score (nSPS) is 13.7. The van der Waals surface area contributed by atoms with E-state index in [1.807, 2.05) is 6.07 Å². The first kappa shape index (κ1) is 20.1. The second-order valence-electron chi connectivity index (χ2n) is 5.70. The molecule has 1 aromatic carbocycles. The number of furan rings is 1. The molecule has 0 spiro atoms. The van der Waals surface area contributed by atoms with Gasteiger partial charge in [-0.15, -0.1) is 0 Å². The van der Waals surface area contributed by atoms with Gasteiger partial charge in [0.2, 0.25) is 5.88 Å². The summed E-state index contributed by atoms with van der Waals surface area (Å²) in [5, 5.41) is 23.1. The lowest BCUT2D eigenvalue weighted by Crippen LogP contribution is -2.21. The number of rotatable bonds is 5. The van der Waals surface area contributed by atoms with Crippen LogP contribution in [0.2, 0.25) is 0 Å². The summed E-state index contributed by atoms with van der Waals surface area (Å²) in [7, 11) is 0. The molecule has 1 aromatic heterocycles. The molecule has 5 N–H and O–H groups in total. The number of amides is 1. The predicted octanol–water partition coefficient (Wildman–Crippen LogP) is 1.14. The van der Waals surface area contributed by atoms with E-state index in [-0.39, 0.29) is 29.5 Å². The summed E-state index contributed by atoms with van der Waals surface area (Å²) >= 11 is 0. The van der Waals surface area contributed by atoms with Crippen LogP contribution in [-0.4, -0.2) is 16.9 Å². The first-order valence-corrected chi connectivity index (χ1v) is 8.34. The highest BCUT2D eigenvalue weighted by Crippen LogP contribution is 2.27. The first-order chi connectivity index (χ1) is 14.6. The van der Waals surface area contributed by atoms with Crippen molar-refractivity contribution < 1.29 is 19.4 Å². The fourth-order valence-corrected chi connectivity index (χ4v) is 2.56. The topological polar surface area (TPSA) is 154 Å². The minimum atomic E-state index is -0.504. The van der Waals surface area contributed by atoms with Crippen LogP contribution in [-0.2, 0) is 16.3 Å². The van der Waals surface area contributed by atoms with Crippen molar-refractivity contribution in [3.8, 4) is 30.2 Å². The third-order valence-electron chi connectivity index (χ3n) is 3.87. The molecule has 0 atom stereocenters. The zero-order valence-corrected chi connectivity index (χ0v) is 15.4. The third-order valence-corrected chi connectivity index (χ3v) is 3.87. The Hall–Kier alpha value is -4.69. The molecule has 1 aliphatic heterocycles. The van der Waals surface area contributed by atoms with Crippen molar-refractivity contribution in [3.05, 3.63) is 53.3 Å². The Labute approximate surface area is 171 Å². The van der Waals surface area contributed by atoms with Gasteiger partial charge in [-0.05, 0) is 29.8 Å². The second-order valence-corrected chi connectivity index (χ2v) is 5.70. The highest BCUT2D eigenvalue weighted by Gasteiger charge is 2.31. The van der Waals surface area contributed by atoms with E-state index < -0.39 is 5.91 Å². The zero-order chi connectivity index (χ0) is 21.5. The summed E-state index contributed by atoms with van der Waals surface area (Å²) in [4.78, 5) is 18.1. The lowest BCUT2D eigenvalue weighted by molar-refractivity contribution is -0.253. The average molecular weight is 402 g/mol. The molecule has 1 amide bonds. The average Bonchev–Trinajstić information content (AvgIpc) is 3.34. The van der Waals surface area contributed by atoms with Crippen LogP contribution in [0.5, 0.6) is 0 Å². The molecule has 0 radical (unpaired) electrons. The molecule has 0 unspecified atom stereocenters. The molecule has 0 saturated carbocycles. The number of carbonyl (C=O) groups excluding carboxylic acids is 1. The fourth-order valence-electron chi connectivity index (χ4n) is 2.56. The van der Waals surface area contributed by atoms with E-state index in [1.54, 1.807) is 36.4 Å². The number of hydrogen-bond donors (Lipinski definition) is 3. The minimum absolute atomic E-state index is 0.00695. The quantitative estimate of drug-likeness (QED) is 0.221. The standard InChI is InChI=1S/C20H14N6O4/c21-7-9-25(10-8-22)19-6-5-16(30-19)11-17-18(12-23)24-26(20(17)27)15-3-1-14(2-4-15)13-29-28/h1-6,11,28H,13,21-22H2. The summed E-state index contributed by atoms with van der Waals surface area (Å²) in [5.41, 5.74) is 11.5. The number of benzene rings is 1. The van der Waals surface area contributed by atoms with Crippen molar-refractivity contribution in [1.82, 2.24) is 0 Å². The number of anilines is 2. The monoisotopic (exact) mass is 402 g/mol. The summed E-state index contributed by atoms with van der Waals surface area (Å²) in [6.45, 7) is 0.00695. The molecule has 10 heteroatoms. The van der Waals surface area contributed by atoms with Gasteiger partial charge in [0, 0.05) is 18.2 Å². The molecule has 0 bridgehead atoms. The van der Waals surface area contributed by atoms with Gasteiger partial charge in [0.1, 0.15) is 18.4 Å². The van der Waals surface area contributed by atoms with Gasteiger partial charge in [-0.3, -0.25) is 10.1 Å². The Balaban J connectivity index is 1.89. The van der Waals surface area contributed by atoms with Crippen LogP contribution >= 0.6 is 0 Å². The molecule has 0 fully saturated rings. The van der Waals surface area contributed by atoms with E-state index in [4.69, 9.17) is 21.1 Å². The smallest absolute Gasteiger partial charge is 0.281 e. The van der Waals surface area contributed by atoms with Gasteiger partial charge in [-0.2, -0.15) is 20.3 Å². The van der Waals surface area contributed by atoms with Crippen LogP contribution in [0.3, 0.4) is 0 Å². The Kier molecular flexibility index (Phi) is 6.02. The third kappa shape index (κ3) is 4.08. The lowest BCUT2D eigenvalue weighted by atomic mass is 10.1. The van der Waals surface area contributed by atoms with Gasteiger partial charge >= 0.3 is 0 Å². The molecule has 2 heterocycles. The van der Waals surface area contributed by atoms with Crippen molar-refractivity contribution in [3.63, 3.8) is 0 Å². The summed E-state index contributed by atoms with van der Waals surface area (Å²) in [6, 6.07) is 21.0. The van der Waals surface area contributed by atoms with Gasteiger partial charge in [-0.1, -0.05) is 12.1 Å². The zero-order valence-electron chi connectivity index (χ0n) is 15.4. The minimum Gasteiger partial charge on any atom is -0.439 e. The molecule has 0 aliphatic carbocycles. The van der Waals surface area contributed by atoms with Crippen molar-refractivity contribution in [2.45, 2.75) is 6.61 Å². The summed E-state index contributed by atoms with van der Waals surface area (Å²) < 4.78 is 5.60. The van der Waals surface area contributed by atoms with Gasteiger partial charge < -0.3 is 15.9 Å². The predicted molar refractivity (Wildman–Crippen MR) is 107 cm³/mol. The van der Waals surface area contributed by atoms with Crippen LogP contribution in [0.15, 0.2) is 51.5 Å². The van der Waals surface area contributed by atoms with E-state index in [9.17, 15) is 10.1 Å². The fraction of sp³-hybridized carbons (Fsp3) is 0.0500. The van der Waals surface area contributed by atoms with E-state index in [1.165, 1.54) is 11.0 Å². The van der Waals surface area contributed by atoms with E-state index in [0.29, 0.717) is 11.3 Å². The van der Waals surface area contributed by atoms with Crippen molar-refractivity contribution >= 4 is 29.3 Å². The van der Waals surface area contributed by atoms with Gasteiger partial charge in [0.05, 0.1) is 23.3 Å². The van der Waals surface area contributed by atoms with Crippen molar-refractivity contribution in [1.29, 1.82) is 5.26 Å². The molecular weight excluding hydrogens is 388 g/mol. The molecule has 3 rings (SSSR count). The van der Waals surface area contributed by atoms with Crippen molar-refractivity contribution in [2.75, 3.05) is 9.91 Å². The molecule has 30 heavy (non-hydrogen) atoms. The molecule has 0 saturated heterocycles.